The van der Waals surface area contributed by atoms with Crippen LogP contribution in [0.4, 0.5) is 0 Å². The molecule has 0 fully saturated rings. The number of methoxy groups -OCH3 is 2. The molecule has 3 nitrogen and oxygen atoms in total. The molecule has 0 bridgehead atoms. The van der Waals surface area contributed by atoms with Crippen molar-refractivity contribution in [3.8, 4) is 11.5 Å². The van der Waals surface area contributed by atoms with Gasteiger partial charge in [-0.25, -0.2) is 0 Å². The molecule has 0 saturated heterocycles. The Morgan fingerprint density at radius 1 is 1.20 bits per heavy atom. The van der Waals surface area contributed by atoms with Gasteiger partial charge < -0.3 is 15.2 Å². The number of hydrogen-bond acceptors (Lipinski definition) is 4. The van der Waals surface area contributed by atoms with Crippen LogP contribution in [0, 0.1) is 0 Å². The van der Waals surface area contributed by atoms with E-state index >= 15 is 0 Å². The Balaban J connectivity index is 3.29. The molecule has 15 heavy (non-hydrogen) atoms. The molecule has 0 aliphatic heterocycles. The fourth-order valence-corrected chi connectivity index (χ4v) is 2.05. The average Bonchev–Trinajstić information content (AvgIpc) is 2.26. The lowest BCUT2D eigenvalue weighted by Gasteiger charge is -2.15. The van der Waals surface area contributed by atoms with Crippen LogP contribution in [0.25, 0.3) is 0 Å². The first-order valence-electron chi connectivity index (χ1n) is 4.69. The van der Waals surface area contributed by atoms with Crippen molar-refractivity contribution >= 4 is 11.8 Å². The second-order valence-corrected chi connectivity index (χ2v) is 4.06. The van der Waals surface area contributed by atoms with E-state index in [1.54, 1.807) is 26.0 Å². The van der Waals surface area contributed by atoms with Crippen molar-refractivity contribution in [1.29, 1.82) is 0 Å². The third kappa shape index (κ3) is 2.58. The zero-order valence-electron chi connectivity index (χ0n) is 9.53. The van der Waals surface area contributed by atoms with Gasteiger partial charge in [0.05, 0.1) is 19.1 Å². The van der Waals surface area contributed by atoms with Gasteiger partial charge in [0, 0.05) is 6.04 Å². The third-order valence-corrected chi connectivity index (χ3v) is 3.02. The first-order chi connectivity index (χ1) is 7.13. The van der Waals surface area contributed by atoms with E-state index in [9.17, 15) is 0 Å². The molecule has 1 aromatic rings. The normalized spacial score (nSPS) is 12.3. The molecule has 0 aliphatic rings. The summed E-state index contributed by atoms with van der Waals surface area (Å²) in [7, 11) is 3.30. The molecule has 0 radical (unpaired) electrons. The molecule has 0 saturated carbocycles. The van der Waals surface area contributed by atoms with E-state index in [1.165, 1.54) is 0 Å². The molecular weight excluding hydrogens is 210 g/mol. The van der Waals surface area contributed by atoms with Gasteiger partial charge in [-0.05, 0) is 30.9 Å². The van der Waals surface area contributed by atoms with Crippen LogP contribution in [0.1, 0.15) is 18.5 Å². The summed E-state index contributed by atoms with van der Waals surface area (Å²) in [5, 5.41) is 0. The van der Waals surface area contributed by atoms with Gasteiger partial charge in [-0.1, -0.05) is 0 Å². The van der Waals surface area contributed by atoms with E-state index in [1.807, 2.05) is 25.3 Å². The summed E-state index contributed by atoms with van der Waals surface area (Å²) in [5.41, 5.74) is 6.85. The van der Waals surface area contributed by atoms with Gasteiger partial charge in [-0.15, -0.1) is 11.8 Å². The zero-order chi connectivity index (χ0) is 11.4. The highest BCUT2D eigenvalue weighted by Crippen LogP contribution is 2.38. The second kappa shape index (κ2) is 5.28. The predicted molar refractivity (Wildman–Crippen MR) is 63.9 cm³/mol. The lowest BCUT2D eigenvalue weighted by atomic mass is 10.1. The standard InChI is InChI=1S/C11H17NO2S/c1-7(12)8-5-9(13-2)11(15-4)10(6-8)14-3/h5-7H,12H2,1-4H3. The first-order valence-corrected chi connectivity index (χ1v) is 5.92. The Morgan fingerprint density at radius 2 is 1.67 bits per heavy atom. The number of benzene rings is 1. The summed E-state index contributed by atoms with van der Waals surface area (Å²) in [5.74, 6) is 1.63. The van der Waals surface area contributed by atoms with Crippen molar-refractivity contribution in [2.75, 3.05) is 20.5 Å². The van der Waals surface area contributed by atoms with Crippen molar-refractivity contribution in [2.45, 2.75) is 17.9 Å². The fourth-order valence-electron chi connectivity index (χ4n) is 1.36. The first kappa shape index (κ1) is 12.2. The van der Waals surface area contributed by atoms with Gasteiger partial charge in [0.1, 0.15) is 11.5 Å². The van der Waals surface area contributed by atoms with Crippen LogP contribution < -0.4 is 15.2 Å². The quantitative estimate of drug-likeness (QED) is 0.802. The van der Waals surface area contributed by atoms with Crippen LogP contribution in [0.3, 0.4) is 0 Å². The van der Waals surface area contributed by atoms with Crippen LogP contribution >= 0.6 is 11.8 Å². The minimum absolute atomic E-state index is 0.0243. The number of rotatable bonds is 4. The maximum Gasteiger partial charge on any atom is 0.136 e. The molecular formula is C11H17NO2S. The van der Waals surface area contributed by atoms with Gasteiger partial charge >= 0.3 is 0 Å². The second-order valence-electron chi connectivity index (χ2n) is 3.25. The van der Waals surface area contributed by atoms with Gasteiger partial charge in [-0.3, -0.25) is 0 Å². The van der Waals surface area contributed by atoms with E-state index in [2.05, 4.69) is 0 Å². The number of hydrogen-bond donors (Lipinski definition) is 1. The monoisotopic (exact) mass is 227 g/mol. The Hall–Kier alpha value is -0.870. The van der Waals surface area contributed by atoms with Crippen LogP contribution in [0.5, 0.6) is 11.5 Å². The van der Waals surface area contributed by atoms with Crippen LogP contribution in [0.2, 0.25) is 0 Å². The topological polar surface area (TPSA) is 44.5 Å². The lowest BCUT2D eigenvalue weighted by Crippen LogP contribution is -2.06. The average molecular weight is 227 g/mol. The van der Waals surface area contributed by atoms with Gasteiger partial charge in [0.2, 0.25) is 0 Å². The maximum atomic E-state index is 5.83. The summed E-state index contributed by atoms with van der Waals surface area (Å²) >= 11 is 1.60. The molecule has 0 heterocycles. The Labute approximate surface area is 94.9 Å². The molecule has 0 amide bonds. The summed E-state index contributed by atoms with van der Waals surface area (Å²) in [6, 6.07) is 3.89. The molecule has 1 atom stereocenters. The van der Waals surface area contributed by atoms with Gasteiger partial charge in [-0.2, -0.15) is 0 Å². The Morgan fingerprint density at radius 3 is 1.93 bits per heavy atom. The number of ether oxygens (including phenoxy) is 2. The number of nitrogens with two attached hydrogens (primary N) is 1. The molecule has 0 spiro atoms. The van der Waals surface area contributed by atoms with E-state index in [0.29, 0.717) is 0 Å². The number of thioether (sulfide) groups is 1. The van der Waals surface area contributed by atoms with Gasteiger partial charge in [0.25, 0.3) is 0 Å². The van der Waals surface area contributed by atoms with Crippen molar-refractivity contribution < 1.29 is 9.47 Å². The zero-order valence-corrected chi connectivity index (χ0v) is 10.4. The Kier molecular flexibility index (Phi) is 4.29. The molecule has 1 aromatic carbocycles. The van der Waals surface area contributed by atoms with Crippen LogP contribution in [0.15, 0.2) is 17.0 Å². The molecule has 0 aromatic heterocycles. The molecule has 1 unspecified atom stereocenters. The highest BCUT2D eigenvalue weighted by Gasteiger charge is 2.13. The molecule has 4 heteroatoms. The van der Waals surface area contributed by atoms with Crippen LogP contribution in [-0.2, 0) is 0 Å². The largest absolute Gasteiger partial charge is 0.495 e. The summed E-state index contributed by atoms with van der Waals surface area (Å²) in [4.78, 5) is 1.00. The molecule has 84 valence electrons. The van der Waals surface area contributed by atoms with E-state index in [0.717, 1.165) is 22.0 Å². The van der Waals surface area contributed by atoms with Crippen molar-refractivity contribution in [1.82, 2.24) is 0 Å². The van der Waals surface area contributed by atoms with Crippen molar-refractivity contribution in [3.05, 3.63) is 17.7 Å². The maximum absolute atomic E-state index is 5.83. The fraction of sp³-hybridized carbons (Fsp3) is 0.455. The minimum atomic E-state index is -0.0243. The highest BCUT2D eigenvalue weighted by molar-refractivity contribution is 7.98. The lowest BCUT2D eigenvalue weighted by molar-refractivity contribution is 0.375. The summed E-state index contributed by atoms with van der Waals surface area (Å²) in [6.45, 7) is 1.94. The highest BCUT2D eigenvalue weighted by atomic mass is 32.2. The SMILES string of the molecule is COc1cc(C(C)N)cc(OC)c1SC. The smallest absolute Gasteiger partial charge is 0.136 e. The van der Waals surface area contributed by atoms with Crippen LogP contribution in [-0.4, -0.2) is 20.5 Å². The summed E-state index contributed by atoms with van der Waals surface area (Å²) in [6.07, 6.45) is 1.99. The summed E-state index contributed by atoms with van der Waals surface area (Å²) < 4.78 is 10.6. The van der Waals surface area contributed by atoms with Crippen molar-refractivity contribution in [3.63, 3.8) is 0 Å². The third-order valence-electron chi connectivity index (χ3n) is 2.21. The van der Waals surface area contributed by atoms with Crippen molar-refractivity contribution in [2.24, 2.45) is 5.73 Å². The minimum Gasteiger partial charge on any atom is -0.495 e. The molecule has 2 N–H and O–H groups in total. The predicted octanol–water partition coefficient (Wildman–Crippen LogP) is 2.45. The molecule has 1 rings (SSSR count). The van der Waals surface area contributed by atoms with E-state index < -0.39 is 0 Å². The van der Waals surface area contributed by atoms with E-state index in [-0.39, 0.29) is 6.04 Å². The van der Waals surface area contributed by atoms with E-state index in [4.69, 9.17) is 15.2 Å². The molecule has 0 aliphatic carbocycles. The van der Waals surface area contributed by atoms with Gasteiger partial charge in [0.15, 0.2) is 0 Å². The Bertz CT molecular complexity index is 314.